The van der Waals surface area contributed by atoms with Gasteiger partial charge in [-0.25, -0.2) is 9.97 Å². The molecular weight excluding hydrogens is 476 g/mol. The van der Waals surface area contributed by atoms with Crippen LogP contribution in [0.2, 0.25) is 0 Å². The fourth-order valence-corrected chi connectivity index (χ4v) is 3.87. The van der Waals surface area contributed by atoms with Gasteiger partial charge in [0.25, 0.3) is 0 Å². The van der Waals surface area contributed by atoms with Crippen LogP contribution in [-0.2, 0) is 0 Å². The summed E-state index contributed by atoms with van der Waals surface area (Å²) in [6.45, 7) is 7.97. The van der Waals surface area contributed by atoms with Crippen LogP contribution in [-0.4, -0.2) is 43.7 Å². The van der Waals surface area contributed by atoms with Crippen molar-refractivity contribution in [1.82, 2.24) is 19.9 Å². The number of amidine groups is 2. The molecule has 5 rings (SSSR count). The minimum Gasteiger partial charge on any atom is -0.450 e. The van der Waals surface area contributed by atoms with Crippen molar-refractivity contribution in [2.45, 2.75) is 39.8 Å². The number of fused-ring (bicyclic) bond motifs is 2. The normalized spacial score (nSPS) is 12.7. The van der Waals surface area contributed by atoms with E-state index in [0.717, 1.165) is 33.2 Å². The van der Waals surface area contributed by atoms with Crippen LogP contribution in [0, 0.1) is 0 Å². The van der Waals surface area contributed by atoms with E-state index in [0.29, 0.717) is 34.8 Å². The second kappa shape index (κ2) is 9.87. The topological polar surface area (TPSA) is 147 Å². The van der Waals surface area contributed by atoms with Crippen molar-refractivity contribution in [2.24, 2.45) is 21.5 Å². The van der Waals surface area contributed by atoms with E-state index in [4.69, 9.17) is 15.9 Å². The third kappa shape index (κ3) is 4.96. The number of aromatic nitrogens is 4. The highest BCUT2D eigenvalue weighted by molar-refractivity contribution is 6.01. The van der Waals surface area contributed by atoms with Crippen molar-refractivity contribution in [3.05, 3.63) is 59.7 Å². The third-order valence-electron chi connectivity index (χ3n) is 5.42. The number of nitrogens with zero attached hydrogens (tertiary/aromatic N) is 4. The van der Waals surface area contributed by atoms with Gasteiger partial charge in [-0.3, -0.25) is 9.98 Å². The average Bonchev–Trinajstić information content (AvgIpc) is 3.54. The number of nitrogens with two attached hydrogens (primary N) is 2. The Labute approximate surface area is 214 Å². The van der Waals surface area contributed by atoms with Crippen LogP contribution >= 0.6 is 12.4 Å². The molecule has 3 aromatic heterocycles. The van der Waals surface area contributed by atoms with E-state index in [1.807, 2.05) is 76.2 Å². The molecule has 10 heteroatoms. The first kappa shape index (κ1) is 25.0. The van der Waals surface area contributed by atoms with Crippen LogP contribution in [0.1, 0.15) is 38.8 Å². The molecule has 0 radical (unpaired) electrons. The van der Waals surface area contributed by atoms with Crippen LogP contribution in [0.4, 0.5) is 0 Å². The predicted octanol–water partition coefficient (Wildman–Crippen LogP) is 5.02. The summed E-state index contributed by atoms with van der Waals surface area (Å²) < 4.78 is 6.09. The number of hydrogen-bond acceptors (Lipinski definition) is 5. The van der Waals surface area contributed by atoms with Crippen molar-refractivity contribution in [3.8, 4) is 23.2 Å². The molecule has 36 heavy (non-hydrogen) atoms. The average molecular weight is 505 g/mol. The minimum atomic E-state index is 0. The van der Waals surface area contributed by atoms with Crippen molar-refractivity contribution in [3.63, 3.8) is 0 Å². The lowest BCUT2D eigenvalue weighted by Crippen LogP contribution is -2.15. The summed E-state index contributed by atoms with van der Waals surface area (Å²) in [6.07, 6.45) is 0. The van der Waals surface area contributed by atoms with Gasteiger partial charge < -0.3 is 25.9 Å². The molecular formula is C26H29ClN8O. The zero-order valence-electron chi connectivity index (χ0n) is 20.5. The first-order chi connectivity index (χ1) is 16.8. The van der Waals surface area contributed by atoms with Gasteiger partial charge in [-0.1, -0.05) is 0 Å². The van der Waals surface area contributed by atoms with Crippen LogP contribution in [0.3, 0.4) is 0 Å². The van der Waals surface area contributed by atoms with Gasteiger partial charge >= 0.3 is 0 Å². The Kier molecular flexibility index (Phi) is 6.85. The number of imidazole rings is 2. The smallest absolute Gasteiger partial charge is 0.174 e. The summed E-state index contributed by atoms with van der Waals surface area (Å²) in [5.74, 6) is 3.47. The van der Waals surface area contributed by atoms with E-state index in [1.54, 1.807) is 0 Å². The lowest BCUT2D eigenvalue weighted by Gasteiger charge is -2.03. The number of benzene rings is 2. The molecule has 0 saturated carbocycles. The van der Waals surface area contributed by atoms with Crippen LogP contribution in [0.25, 0.3) is 45.2 Å². The van der Waals surface area contributed by atoms with E-state index in [-0.39, 0.29) is 24.5 Å². The highest BCUT2D eigenvalue weighted by atomic mass is 35.5. The zero-order chi connectivity index (χ0) is 24.7. The third-order valence-corrected chi connectivity index (χ3v) is 5.42. The largest absolute Gasteiger partial charge is 0.450 e. The van der Waals surface area contributed by atoms with Gasteiger partial charge in [0.2, 0.25) is 0 Å². The molecule has 0 aliphatic heterocycles. The standard InChI is InChI=1S/C26H28N8O.ClH/c1-13(2)29-23(27)15-5-7-17-19(11-15)33-25(31-17)21-9-10-22(35-21)26-32-18-8-6-16(12-20(18)34-26)24(28)30-14(3)4;/h5-14H,1-4H3,(H2,27,29)(H2,28,30)(H,31,33)(H,32,34);1H. The maximum absolute atomic E-state index is 6.12. The maximum Gasteiger partial charge on any atom is 0.174 e. The van der Waals surface area contributed by atoms with Crippen molar-refractivity contribution in [2.75, 3.05) is 0 Å². The molecule has 3 heterocycles. The molecule has 0 aliphatic carbocycles. The molecule has 0 fully saturated rings. The van der Waals surface area contributed by atoms with E-state index < -0.39 is 0 Å². The quantitative estimate of drug-likeness (QED) is 0.189. The summed E-state index contributed by atoms with van der Waals surface area (Å²) in [5.41, 5.74) is 17.3. The Morgan fingerprint density at radius 1 is 0.722 bits per heavy atom. The number of aliphatic imine (C=N–C) groups is 2. The minimum absolute atomic E-state index is 0. The highest BCUT2D eigenvalue weighted by Gasteiger charge is 2.15. The number of nitrogens with one attached hydrogen (secondary N) is 2. The lowest BCUT2D eigenvalue weighted by atomic mass is 10.2. The molecule has 0 aliphatic rings. The second-order valence-electron chi connectivity index (χ2n) is 9.01. The molecule has 0 bridgehead atoms. The Bertz CT molecular complexity index is 1470. The molecule has 0 atom stereocenters. The summed E-state index contributed by atoms with van der Waals surface area (Å²) in [4.78, 5) is 24.8. The fourth-order valence-electron chi connectivity index (χ4n) is 3.87. The second-order valence-corrected chi connectivity index (χ2v) is 9.01. The Hall–Kier alpha value is -4.11. The highest BCUT2D eigenvalue weighted by Crippen LogP contribution is 2.28. The molecule has 0 amide bonds. The van der Waals surface area contributed by atoms with Gasteiger partial charge in [0.05, 0.1) is 22.1 Å². The zero-order valence-corrected chi connectivity index (χ0v) is 21.4. The van der Waals surface area contributed by atoms with Gasteiger partial charge in [0.1, 0.15) is 11.7 Å². The molecule has 0 spiro atoms. The Morgan fingerprint density at radius 2 is 1.14 bits per heavy atom. The van der Waals surface area contributed by atoms with Crippen LogP contribution in [0.15, 0.2) is 62.9 Å². The van der Waals surface area contributed by atoms with E-state index in [9.17, 15) is 0 Å². The molecule has 0 unspecified atom stereocenters. The van der Waals surface area contributed by atoms with Crippen molar-refractivity contribution < 1.29 is 4.42 Å². The lowest BCUT2D eigenvalue weighted by molar-refractivity contribution is 0.589. The predicted molar refractivity (Wildman–Crippen MR) is 148 cm³/mol. The number of halogens is 1. The van der Waals surface area contributed by atoms with Gasteiger partial charge in [-0.2, -0.15) is 0 Å². The summed E-state index contributed by atoms with van der Waals surface area (Å²) in [7, 11) is 0. The molecule has 186 valence electrons. The van der Waals surface area contributed by atoms with Crippen molar-refractivity contribution in [1.29, 1.82) is 0 Å². The van der Waals surface area contributed by atoms with Gasteiger partial charge in [-0.05, 0) is 76.2 Å². The molecule has 9 nitrogen and oxygen atoms in total. The first-order valence-electron chi connectivity index (χ1n) is 11.5. The SMILES string of the molecule is CC(C)N=C(N)c1ccc2nc(-c3ccc(-c4nc5ccc(C(N)=NC(C)C)cc5[nH]4)o3)[nH]c2c1.Cl. The summed E-state index contributed by atoms with van der Waals surface area (Å²) in [5, 5.41) is 0. The van der Waals surface area contributed by atoms with Gasteiger partial charge in [-0.15, -0.1) is 12.4 Å². The summed E-state index contributed by atoms with van der Waals surface area (Å²) in [6, 6.07) is 15.6. The van der Waals surface area contributed by atoms with E-state index >= 15 is 0 Å². The molecule has 5 aromatic rings. The number of aromatic amines is 2. The number of hydrogen-bond donors (Lipinski definition) is 4. The molecule has 2 aromatic carbocycles. The van der Waals surface area contributed by atoms with Crippen molar-refractivity contribution >= 4 is 46.1 Å². The first-order valence-corrected chi connectivity index (χ1v) is 11.5. The summed E-state index contributed by atoms with van der Waals surface area (Å²) >= 11 is 0. The number of furan rings is 1. The fraction of sp³-hybridized carbons (Fsp3) is 0.231. The Morgan fingerprint density at radius 3 is 1.53 bits per heavy atom. The number of rotatable bonds is 6. The van der Waals surface area contributed by atoms with E-state index in [2.05, 4.69) is 29.9 Å². The molecule has 6 N–H and O–H groups in total. The van der Waals surface area contributed by atoms with Crippen LogP contribution in [0.5, 0.6) is 0 Å². The van der Waals surface area contributed by atoms with Crippen LogP contribution < -0.4 is 11.5 Å². The van der Waals surface area contributed by atoms with E-state index in [1.165, 1.54) is 0 Å². The van der Waals surface area contributed by atoms with Gasteiger partial charge in [0, 0.05) is 23.2 Å². The molecule has 0 saturated heterocycles. The number of H-pyrrole nitrogens is 2. The maximum atomic E-state index is 6.12. The van der Waals surface area contributed by atoms with Gasteiger partial charge in [0.15, 0.2) is 23.2 Å². The Balaban J connectivity index is 0.00000304. The monoisotopic (exact) mass is 504 g/mol.